The van der Waals surface area contributed by atoms with Gasteiger partial charge in [-0.05, 0) is 0 Å². The molecule has 0 aliphatic heterocycles. The predicted octanol–water partition coefficient (Wildman–Crippen LogP) is 1.94. The fourth-order valence-electron chi connectivity index (χ4n) is 1.65. The molecule has 0 fully saturated rings. The molecule has 18 heavy (non-hydrogen) atoms. The van der Waals surface area contributed by atoms with E-state index in [2.05, 4.69) is 13.3 Å². The zero-order valence-electron chi connectivity index (χ0n) is 9.33. The van der Waals surface area contributed by atoms with Crippen LogP contribution in [0.4, 0.5) is 5.69 Å². The van der Waals surface area contributed by atoms with Crippen LogP contribution in [0.5, 0.6) is 0 Å². The van der Waals surface area contributed by atoms with Gasteiger partial charge >= 0.3 is 110 Å². The summed E-state index contributed by atoms with van der Waals surface area (Å²) < 4.78 is 8.51. The Bertz CT molecular complexity index is 694. The summed E-state index contributed by atoms with van der Waals surface area (Å²) in [6.45, 7) is 0. The van der Waals surface area contributed by atoms with Crippen molar-refractivity contribution in [3.63, 3.8) is 0 Å². The molecule has 0 radical (unpaired) electrons. The summed E-state index contributed by atoms with van der Waals surface area (Å²) in [5.74, 6) is -0.126. The number of fused-ring (bicyclic) bond motifs is 1. The molecule has 0 spiro atoms. The van der Waals surface area contributed by atoms with Crippen molar-refractivity contribution < 1.29 is 4.79 Å². The van der Waals surface area contributed by atoms with Gasteiger partial charge < -0.3 is 0 Å². The molecule has 0 bridgehead atoms. The summed E-state index contributed by atoms with van der Waals surface area (Å²) in [6, 6.07) is 14.8. The van der Waals surface area contributed by atoms with Gasteiger partial charge in [-0.1, -0.05) is 0 Å². The van der Waals surface area contributed by atoms with Gasteiger partial charge in [-0.3, -0.25) is 0 Å². The summed E-state index contributed by atoms with van der Waals surface area (Å²) in [5.41, 5.74) is 3.09. The average Bonchev–Trinajstić information content (AvgIpc) is 2.87. The molecule has 1 N–H and O–H groups in total. The SMILES string of the molecule is O=C(Nc1ccccc1)c1ccc2n[se]nc2c1. The number of para-hydroxylation sites is 1. The van der Waals surface area contributed by atoms with E-state index >= 15 is 0 Å². The van der Waals surface area contributed by atoms with Crippen molar-refractivity contribution in [1.29, 1.82) is 0 Å². The van der Waals surface area contributed by atoms with Crippen LogP contribution in [0.15, 0.2) is 48.5 Å². The maximum atomic E-state index is 12.0. The number of hydrogen-bond donors (Lipinski definition) is 1. The van der Waals surface area contributed by atoms with E-state index in [9.17, 15) is 4.79 Å². The summed E-state index contributed by atoms with van der Waals surface area (Å²) in [6.07, 6.45) is 0. The Morgan fingerprint density at radius 1 is 1.00 bits per heavy atom. The molecule has 0 aliphatic carbocycles. The van der Waals surface area contributed by atoms with E-state index < -0.39 is 0 Å². The van der Waals surface area contributed by atoms with Crippen molar-refractivity contribution in [1.82, 2.24) is 7.96 Å². The molecule has 3 rings (SSSR count). The van der Waals surface area contributed by atoms with E-state index in [0.717, 1.165) is 16.7 Å². The number of hydrogen-bond acceptors (Lipinski definition) is 3. The number of anilines is 1. The van der Waals surface area contributed by atoms with Crippen LogP contribution in [-0.2, 0) is 0 Å². The van der Waals surface area contributed by atoms with E-state index in [0.29, 0.717) is 5.56 Å². The summed E-state index contributed by atoms with van der Waals surface area (Å²) in [4.78, 5) is 12.0. The van der Waals surface area contributed by atoms with Crippen LogP contribution in [0.25, 0.3) is 11.0 Å². The number of aromatic nitrogens is 2. The first kappa shape index (κ1) is 11.1. The van der Waals surface area contributed by atoms with Crippen LogP contribution in [-0.4, -0.2) is 28.8 Å². The van der Waals surface area contributed by atoms with Crippen LogP contribution in [0.2, 0.25) is 0 Å². The minimum atomic E-state index is -0.126. The number of carbonyl (C=O) groups is 1. The Balaban J connectivity index is 1.87. The van der Waals surface area contributed by atoms with Crippen molar-refractivity contribution >= 4 is 37.6 Å². The predicted molar refractivity (Wildman–Crippen MR) is 70.9 cm³/mol. The van der Waals surface area contributed by atoms with Crippen LogP contribution in [0.3, 0.4) is 0 Å². The van der Waals surface area contributed by atoms with E-state index in [1.165, 1.54) is 0 Å². The normalized spacial score (nSPS) is 10.4. The van der Waals surface area contributed by atoms with Crippen molar-refractivity contribution in [2.45, 2.75) is 0 Å². The third kappa shape index (κ3) is 2.18. The summed E-state index contributed by atoms with van der Waals surface area (Å²) in [5, 5.41) is 2.84. The van der Waals surface area contributed by atoms with Gasteiger partial charge in [-0.25, -0.2) is 0 Å². The van der Waals surface area contributed by atoms with Gasteiger partial charge in [0.25, 0.3) is 0 Å². The molecule has 0 saturated carbocycles. The van der Waals surface area contributed by atoms with E-state index in [1.54, 1.807) is 12.1 Å². The Labute approximate surface area is 110 Å². The molecule has 1 amide bonds. The maximum absolute atomic E-state index is 12.0. The number of rotatable bonds is 2. The second-order valence-electron chi connectivity index (χ2n) is 3.79. The molecule has 3 aromatic rings. The van der Waals surface area contributed by atoms with Crippen molar-refractivity contribution in [2.75, 3.05) is 5.32 Å². The molecule has 1 heterocycles. The van der Waals surface area contributed by atoms with Gasteiger partial charge in [0.15, 0.2) is 0 Å². The number of benzene rings is 2. The molecule has 88 valence electrons. The van der Waals surface area contributed by atoms with E-state index in [-0.39, 0.29) is 20.9 Å². The zero-order chi connectivity index (χ0) is 12.4. The van der Waals surface area contributed by atoms with Gasteiger partial charge in [0.2, 0.25) is 0 Å². The molecule has 4 nitrogen and oxygen atoms in total. The number of carbonyl (C=O) groups excluding carboxylic acids is 1. The van der Waals surface area contributed by atoms with Gasteiger partial charge in [0.05, 0.1) is 0 Å². The molecule has 1 aromatic heterocycles. The van der Waals surface area contributed by atoms with Crippen LogP contribution in [0.1, 0.15) is 10.4 Å². The second-order valence-corrected chi connectivity index (χ2v) is 4.90. The Morgan fingerprint density at radius 3 is 2.61 bits per heavy atom. The molecule has 0 aliphatic rings. The fourth-order valence-corrected chi connectivity index (χ4v) is 2.73. The number of nitrogens with zero attached hydrogens (tertiary/aromatic N) is 2. The fraction of sp³-hybridized carbons (Fsp3) is 0. The van der Waals surface area contributed by atoms with E-state index in [4.69, 9.17) is 0 Å². The molecule has 2 aromatic carbocycles. The van der Waals surface area contributed by atoms with Gasteiger partial charge in [-0.2, -0.15) is 0 Å². The molecular formula is C13H9N3OSe. The van der Waals surface area contributed by atoms with Crippen LogP contribution >= 0.6 is 0 Å². The van der Waals surface area contributed by atoms with Crippen molar-refractivity contribution in [3.05, 3.63) is 54.1 Å². The number of nitrogens with one attached hydrogen (secondary N) is 1. The third-order valence-corrected chi connectivity index (χ3v) is 3.72. The monoisotopic (exact) mass is 303 g/mol. The molecule has 0 unspecified atom stereocenters. The van der Waals surface area contributed by atoms with Crippen molar-refractivity contribution in [3.8, 4) is 0 Å². The van der Waals surface area contributed by atoms with Crippen LogP contribution in [0, 0.1) is 0 Å². The molecular weight excluding hydrogens is 293 g/mol. The molecule has 0 atom stereocenters. The average molecular weight is 302 g/mol. The summed E-state index contributed by atoms with van der Waals surface area (Å²) in [7, 11) is 0. The Morgan fingerprint density at radius 2 is 1.78 bits per heavy atom. The first-order valence-corrected chi connectivity index (χ1v) is 6.95. The number of amides is 1. The van der Waals surface area contributed by atoms with Gasteiger partial charge in [0.1, 0.15) is 0 Å². The van der Waals surface area contributed by atoms with Gasteiger partial charge in [-0.15, -0.1) is 0 Å². The van der Waals surface area contributed by atoms with Crippen LogP contribution < -0.4 is 5.32 Å². The first-order valence-electron chi connectivity index (χ1n) is 5.42. The first-order chi connectivity index (χ1) is 8.83. The second kappa shape index (κ2) is 4.72. The van der Waals surface area contributed by atoms with Gasteiger partial charge in [0, 0.05) is 0 Å². The summed E-state index contributed by atoms with van der Waals surface area (Å²) >= 11 is -0.0587. The Hall–Kier alpha value is -1.97. The quantitative estimate of drug-likeness (QED) is 0.736. The third-order valence-electron chi connectivity index (χ3n) is 2.55. The van der Waals surface area contributed by atoms with E-state index in [1.807, 2.05) is 36.4 Å². The van der Waals surface area contributed by atoms with Crippen molar-refractivity contribution in [2.24, 2.45) is 0 Å². The zero-order valence-corrected chi connectivity index (χ0v) is 11.0. The standard InChI is InChI=1S/C13H9N3OSe/c17-13(14-10-4-2-1-3-5-10)9-6-7-11-12(8-9)16-18-15-11/h1-8H,(H,14,17). The molecule has 5 heteroatoms. The minimum absolute atomic E-state index is 0.0587. The Kier molecular flexibility index (Phi) is 2.92. The molecule has 0 saturated heterocycles. The topological polar surface area (TPSA) is 54.9 Å².